The van der Waals surface area contributed by atoms with Crippen LogP contribution >= 0.6 is 12.6 Å². The molecule has 0 aliphatic rings. The number of hydrogen-bond acceptors (Lipinski definition) is 2. The molecule has 0 aliphatic heterocycles. The van der Waals surface area contributed by atoms with Gasteiger partial charge >= 0.3 is 5.97 Å². The fourth-order valence-corrected chi connectivity index (χ4v) is 1.81. The zero-order chi connectivity index (χ0) is 11.5. The topological polar surface area (TPSA) is 37.3 Å². The van der Waals surface area contributed by atoms with Crippen LogP contribution < -0.4 is 0 Å². The molecule has 80 valence electrons. The van der Waals surface area contributed by atoms with Gasteiger partial charge < -0.3 is 5.11 Å². The molecule has 1 N–H and O–H groups in total. The lowest BCUT2D eigenvalue weighted by Crippen LogP contribution is -1.96. The summed E-state index contributed by atoms with van der Waals surface area (Å²) in [5.41, 5.74) is 2.11. The standard InChI is InChI=1S/C13H10O2S/c14-13(15)11-6-10(7-12(16)8-11)9-4-2-1-3-5-9/h1-8,16H,(H,14,15). The first-order valence-corrected chi connectivity index (χ1v) is 5.24. The Morgan fingerprint density at radius 3 is 2.31 bits per heavy atom. The molecule has 0 aromatic heterocycles. The van der Waals surface area contributed by atoms with Gasteiger partial charge in [0, 0.05) is 4.90 Å². The molecule has 0 radical (unpaired) electrons. The van der Waals surface area contributed by atoms with Gasteiger partial charge in [0.2, 0.25) is 0 Å². The van der Waals surface area contributed by atoms with E-state index in [1.807, 2.05) is 36.4 Å². The molecule has 2 aromatic rings. The molecular weight excluding hydrogens is 220 g/mol. The van der Waals surface area contributed by atoms with Crippen LogP contribution in [0.25, 0.3) is 11.1 Å². The third-order valence-electron chi connectivity index (χ3n) is 2.27. The maximum absolute atomic E-state index is 10.9. The molecule has 16 heavy (non-hydrogen) atoms. The van der Waals surface area contributed by atoms with E-state index in [0.29, 0.717) is 4.90 Å². The number of carboxylic acids is 1. The second-order valence-corrected chi connectivity index (χ2v) is 3.96. The predicted molar refractivity (Wildman–Crippen MR) is 66.1 cm³/mol. The zero-order valence-electron chi connectivity index (χ0n) is 8.42. The van der Waals surface area contributed by atoms with Crippen LogP contribution in [-0.2, 0) is 0 Å². The summed E-state index contributed by atoms with van der Waals surface area (Å²) in [6.45, 7) is 0. The van der Waals surface area contributed by atoms with Crippen molar-refractivity contribution < 1.29 is 9.90 Å². The molecule has 0 spiro atoms. The Balaban J connectivity index is 2.54. The van der Waals surface area contributed by atoms with E-state index in [1.165, 1.54) is 6.07 Å². The minimum Gasteiger partial charge on any atom is -0.478 e. The Hall–Kier alpha value is -1.74. The van der Waals surface area contributed by atoms with Crippen LogP contribution in [0, 0.1) is 0 Å². The summed E-state index contributed by atoms with van der Waals surface area (Å²) in [5, 5.41) is 8.95. The van der Waals surface area contributed by atoms with Crippen LogP contribution in [0.4, 0.5) is 0 Å². The summed E-state index contributed by atoms with van der Waals surface area (Å²) in [6, 6.07) is 14.7. The van der Waals surface area contributed by atoms with Crippen LogP contribution in [0.1, 0.15) is 10.4 Å². The lowest BCUT2D eigenvalue weighted by molar-refractivity contribution is 0.0696. The molecule has 0 saturated heterocycles. The number of carbonyl (C=O) groups is 1. The van der Waals surface area contributed by atoms with E-state index in [4.69, 9.17) is 5.11 Å². The molecule has 0 aliphatic carbocycles. The van der Waals surface area contributed by atoms with Gasteiger partial charge in [-0.05, 0) is 29.3 Å². The minimum atomic E-state index is -0.937. The van der Waals surface area contributed by atoms with Gasteiger partial charge in [-0.2, -0.15) is 0 Å². The second-order valence-electron chi connectivity index (χ2n) is 3.44. The molecule has 0 amide bonds. The van der Waals surface area contributed by atoms with Crippen LogP contribution in [0.5, 0.6) is 0 Å². The number of hydrogen-bond donors (Lipinski definition) is 2. The van der Waals surface area contributed by atoms with Gasteiger partial charge in [0.15, 0.2) is 0 Å². The van der Waals surface area contributed by atoms with Gasteiger partial charge in [-0.1, -0.05) is 30.3 Å². The fraction of sp³-hybridized carbons (Fsp3) is 0. The molecule has 0 heterocycles. The lowest BCUT2D eigenvalue weighted by atomic mass is 10.0. The largest absolute Gasteiger partial charge is 0.478 e. The number of thiol groups is 1. The van der Waals surface area contributed by atoms with Crippen molar-refractivity contribution in [1.82, 2.24) is 0 Å². The van der Waals surface area contributed by atoms with Crippen molar-refractivity contribution in [1.29, 1.82) is 0 Å². The van der Waals surface area contributed by atoms with Gasteiger partial charge in [-0.15, -0.1) is 12.6 Å². The Morgan fingerprint density at radius 1 is 1.00 bits per heavy atom. The first kappa shape index (κ1) is 10.8. The maximum Gasteiger partial charge on any atom is 0.335 e. The van der Waals surface area contributed by atoms with Crippen LogP contribution in [0.15, 0.2) is 53.4 Å². The van der Waals surface area contributed by atoms with E-state index in [0.717, 1.165) is 11.1 Å². The van der Waals surface area contributed by atoms with Crippen molar-refractivity contribution in [3.8, 4) is 11.1 Å². The SMILES string of the molecule is O=C(O)c1cc(S)cc(-c2ccccc2)c1. The highest BCUT2D eigenvalue weighted by molar-refractivity contribution is 7.80. The van der Waals surface area contributed by atoms with Crippen molar-refractivity contribution >= 4 is 18.6 Å². The quantitative estimate of drug-likeness (QED) is 0.776. The van der Waals surface area contributed by atoms with Crippen LogP contribution in [0.3, 0.4) is 0 Å². The average Bonchev–Trinajstić information content (AvgIpc) is 2.29. The molecule has 2 nitrogen and oxygen atoms in total. The van der Waals surface area contributed by atoms with Gasteiger partial charge in [-0.3, -0.25) is 0 Å². The molecule has 0 saturated carbocycles. The second kappa shape index (κ2) is 4.41. The summed E-state index contributed by atoms with van der Waals surface area (Å²) < 4.78 is 0. The summed E-state index contributed by atoms with van der Waals surface area (Å²) in [5.74, 6) is -0.937. The normalized spacial score (nSPS) is 10.1. The highest BCUT2D eigenvalue weighted by Crippen LogP contribution is 2.23. The monoisotopic (exact) mass is 230 g/mol. The Kier molecular flexibility index (Phi) is 2.97. The molecule has 2 aromatic carbocycles. The Bertz CT molecular complexity index is 521. The van der Waals surface area contributed by atoms with Gasteiger partial charge in [0.05, 0.1) is 5.56 Å². The van der Waals surface area contributed by atoms with Crippen molar-refractivity contribution in [2.24, 2.45) is 0 Å². The minimum absolute atomic E-state index is 0.256. The first-order valence-electron chi connectivity index (χ1n) is 4.79. The number of benzene rings is 2. The highest BCUT2D eigenvalue weighted by Gasteiger charge is 2.06. The fourth-order valence-electron chi connectivity index (χ4n) is 1.53. The first-order chi connectivity index (χ1) is 7.66. The van der Waals surface area contributed by atoms with Gasteiger partial charge in [0.1, 0.15) is 0 Å². The van der Waals surface area contributed by atoms with Crippen LogP contribution in [0.2, 0.25) is 0 Å². The average molecular weight is 230 g/mol. The van der Waals surface area contributed by atoms with E-state index in [1.54, 1.807) is 6.07 Å². The molecule has 3 heteroatoms. The molecule has 0 bridgehead atoms. The lowest BCUT2D eigenvalue weighted by Gasteiger charge is -2.04. The van der Waals surface area contributed by atoms with Crippen molar-refractivity contribution in [3.05, 3.63) is 54.1 Å². The van der Waals surface area contributed by atoms with Crippen molar-refractivity contribution in [2.75, 3.05) is 0 Å². The third-order valence-corrected chi connectivity index (χ3v) is 2.53. The van der Waals surface area contributed by atoms with E-state index in [-0.39, 0.29) is 5.56 Å². The molecule has 0 atom stereocenters. The smallest absolute Gasteiger partial charge is 0.335 e. The molecular formula is C13H10O2S. The van der Waals surface area contributed by atoms with Gasteiger partial charge in [-0.25, -0.2) is 4.79 Å². The maximum atomic E-state index is 10.9. The number of carboxylic acid groups (broad SMARTS) is 1. The Morgan fingerprint density at radius 2 is 1.69 bits per heavy atom. The zero-order valence-corrected chi connectivity index (χ0v) is 9.32. The Labute approximate surface area is 99.0 Å². The highest BCUT2D eigenvalue weighted by atomic mass is 32.1. The molecule has 2 rings (SSSR count). The number of aromatic carboxylic acids is 1. The summed E-state index contributed by atoms with van der Waals surface area (Å²) >= 11 is 4.21. The van der Waals surface area contributed by atoms with E-state index >= 15 is 0 Å². The van der Waals surface area contributed by atoms with E-state index in [2.05, 4.69) is 12.6 Å². The molecule has 0 unspecified atom stereocenters. The third kappa shape index (κ3) is 2.25. The van der Waals surface area contributed by atoms with Crippen molar-refractivity contribution in [2.45, 2.75) is 4.90 Å². The van der Waals surface area contributed by atoms with E-state index < -0.39 is 5.97 Å². The van der Waals surface area contributed by atoms with E-state index in [9.17, 15) is 4.79 Å². The molecule has 0 fully saturated rings. The van der Waals surface area contributed by atoms with Crippen molar-refractivity contribution in [3.63, 3.8) is 0 Å². The van der Waals surface area contributed by atoms with Gasteiger partial charge in [0.25, 0.3) is 0 Å². The predicted octanol–water partition coefficient (Wildman–Crippen LogP) is 3.34. The summed E-state index contributed by atoms with van der Waals surface area (Å²) in [4.78, 5) is 11.6. The summed E-state index contributed by atoms with van der Waals surface area (Å²) in [6.07, 6.45) is 0. The summed E-state index contributed by atoms with van der Waals surface area (Å²) in [7, 11) is 0. The number of rotatable bonds is 2. The van der Waals surface area contributed by atoms with Crippen LogP contribution in [-0.4, -0.2) is 11.1 Å².